The van der Waals surface area contributed by atoms with Crippen LogP contribution in [0.5, 0.6) is 5.75 Å². The zero-order valence-corrected chi connectivity index (χ0v) is 17.4. The van der Waals surface area contributed by atoms with E-state index >= 15 is 0 Å². The number of amides is 2. The van der Waals surface area contributed by atoms with Crippen molar-refractivity contribution in [1.29, 1.82) is 0 Å². The molecule has 2 amide bonds. The molecule has 1 atom stereocenters. The van der Waals surface area contributed by atoms with Crippen molar-refractivity contribution >= 4 is 46.4 Å². The van der Waals surface area contributed by atoms with Crippen LogP contribution in [0, 0.1) is 16.0 Å². The topological polar surface area (TPSA) is 111 Å². The van der Waals surface area contributed by atoms with E-state index in [0.29, 0.717) is 16.5 Å². The minimum Gasteiger partial charge on any atom is -0.495 e. The van der Waals surface area contributed by atoms with E-state index in [0.717, 1.165) is 6.07 Å². The number of nitrogens with one attached hydrogen (secondary N) is 2. The summed E-state index contributed by atoms with van der Waals surface area (Å²) >= 11 is 12.1. The Morgan fingerprint density at radius 1 is 1.10 bits per heavy atom. The standard InChI is InChI=1S/C19H19Cl2N3O5/c1-10(2)17(19(26)22-11-4-7-16(29-3)15(21)8-11)23-18(25)13-6-5-12(24(27)28)9-14(13)20/h4-10,17H,1-3H3,(H,22,26)(H,23,25). The Morgan fingerprint density at radius 2 is 1.79 bits per heavy atom. The molecule has 0 bridgehead atoms. The lowest BCUT2D eigenvalue weighted by atomic mass is 10.0. The molecule has 29 heavy (non-hydrogen) atoms. The maximum atomic E-state index is 12.7. The number of nitrogens with zero attached hydrogens (tertiary/aromatic N) is 1. The van der Waals surface area contributed by atoms with Gasteiger partial charge in [-0.2, -0.15) is 0 Å². The number of halogens is 2. The quantitative estimate of drug-likeness (QED) is 0.493. The van der Waals surface area contributed by atoms with Gasteiger partial charge < -0.3 is 15.4 Å². The molecule has 0 saturated heterocycles. The molecule has 2 aromatic rings. The molecule has 0 radical (unpaired) electrons. The number of carbonyl (C=O) groups excluding carboxylic acids is 2. The molecule has 2 N–H and O–H groups in total. The predicted octanol–water partition coefficient (Wildman–Crippen LogP) is 4.30. The molecule has 154 valence electrons. The summed E-state index contributed by atoms with van der Waals surface area (Å²) in [7, 11) is 1.48. The van der Waals surface area contributed by atoms with Crippen LogP contribution in [0.15, 0.2) is 36.4 Å². The predicted molar refractivity (Wildman–Crippen MR) is 111 cm³/mol. The molecule has 0 aliphatic carbocycles. The number of nitro benzene ring substituents is 1. The van der Waals surface area contributed by atoms with Gasteiger partial charge in [0.25, 0.3) is 11.6 Å². The summed E-state index contributed by atoms with van der Waals surface area (Å²) in [6.45, 7) is 3.53. The summed E-state index contributed by atoms with van der Waals surface area (Å²) in [6.07, 6.45) is 0. The molecule has 0 fully saturated rings. The molecular formula is C19H19Cl2N3O5. The molecule has 0 heterocycles. The Morgan fingerprint density at radius 3 is 2.31 bits per heavy atom. The average Bonchev–Trinajstić information content (AvgIpc) is 2.65. The van der Waals surface area contributed by atoms with Crippen LogP contribution in [-0.2, 0) is 4.79 Å². The second-order valence-corrected chi connectivity index (χ2v) is 7.27. The lowest BCUT2D eigenvalue weighted by molar-refractivity contribution is -0.384. The molecular weight excluding hydrogens is 421 g/mol. The number of anilines is 1. The van der Waals surface area contributed by atoms with Crippen LogP contribution in [0.1, 0.15) is 24.2 Å². The Bertz CT molecular complexity index is 949. The third kappa shape index (κ3) is 5.58. The molecule has 0 aliphatic rings. The van der Waals surface area contributed by atoms with Crippen LogP contribution < -0.4 is 15.4 Å². The number of non-ortho nitro benzene ring substituents is 1. The van der Waals surface area contributed by atoms with Crippen molar-refractivity contribution in [3.05, 3.63) is 62.1 Å². The Hall–Kier alpha value is -2.84. The van der Waals surface area contributed by atoms with Gasteiger partial charge in [-0.15, -0.1) is 0 Å². The molecule has 0 spiro atoms. The van der Waals surface area contributed by atoms with Gasteiger partial charge in [-0.25, -0.2) is 0 Å². The normalized spacial score (nSPS) is 11.7. The fourth-order valence-corrected chi connectivity index (χ4v) is 3.04. The fraction of sp³-hybridized carbons (Fsp3) is 0.263. The van der Waals surface area contributed by atoms with E-state index in [-0.39, 0.29) is 22.2 Å². The first-order chi connectivity index (χ1) is 13.6. The lowest BCUT2D eigenvalue weighted by Gasteiger charge is -2.22. The number of ether oxygens (including phenoxy) is 1. The highest BCUT2D eigenvalue weighted by Gasteiger charge is 2.26. The van der Waals surface area contributed by atoms with E-state index in [1.54, 1.807) is 26.0 Å². The van der Waals surface area contributed by atoms with Crippen LogP contribution in [-0.4, -0.2) is 29.9 Å². The second kappa shape index (κ2) is 9.58. The van der Waals surface area contributed by atoms with Gasteiger partial charge in [0.05, 0.1) is 27.6 Å². The molecule has 0 aromatic heterocycles. The molecule has 2 rings (SSSR count). The summed E-state index contributed by atoms with van der Waals surface area (Å²) in [4.78, 5) is 35.5. The molecule has 0 saturated carbocycles. The summed E-state index contributed by atoms with van der Waals surface area (Å²) in [5.74, 6) is -0.852. The smallest absolute Gasteiger partial charge is 0.270 e. The van der Waals surface area contributed by atoms with E-state index < -0.39 is 22.8 Å². The summed E-state index contributed by atoms with van der Waals surface area (Å²) < 4.78 is 5.07. The highest BCUT2D eigenvalue weighted by atomic mass is 35.5. The minimum atomic E-state index is -0.880. The number of hydrogen-bond acceptors (Lipinski definition) is 5. The first-order valence-electron chi connectivity index (χ1n) is 8.53. The van der Waals surface area contributed by atoms with Crippen molar-refractivity contribution < 1.29 is 19.2 Å². The largest absolute Gasteiger partial charge is 0.495 e. The first kappa shape index (κ1) is 22.4. The van der Waals surface area contributed by atoms with Gasteiger partial charge in [0, 0.05) is 17.8 Å². The highest BCUT2D eigenvalue weighted by molar-refractivity contribution is 6.34. The van der Waals surface area contributed by atoms with Crippen molar-refractivity contribution in [2.24, 2.45) is 5.92 Å². The number of benzene rings is 2. The van der Waals surface area contributed by atoms with E-state index in [4.69, 9.17) is 27.9 Å². The third-order valence-corrected chi connectivity index (χ3v) is 4.67. The minimum absolute atomic E-state index is 0.0307. The molecule has 0 aliphatic heterocycles. The average molecular weight is 440 g/mol. The van der Waals surface area contributed by atoms with Gasteiger partial charge in [0.2, 0.25) is 5.91 Å². The van der Waals surface area contributed by atoms with Crippen molar-refractivity contribution in [2.45, 2.75) is 19.9 Å². The second-order valence-electron chi connectivity index (χ2n) is 6.45. The van der Waals surface area contributed by atoms with Gasteiger partial charge in [-0.05, 0) is 30.2 Å². The van der Waals surface area contributed by atoms with E-state index in [1.807, 2.05) is 0 Å². The summed E-state index contributed by atoms with van der Waals surface area (Å²) in [6, 6.07) is 7.38. The fourth-order valence-electron chi connectivity index (χ4n) is 2.52. The Labute approximate surface area is 177 Å². The van der Waals surface area contributed by atoms with Gasteiger partial charge in [0.1, 0.15) is 11.8 Å². The zero-order valence-electron chi connectivity index (χ0n) is 15.9. The van der Waals surface area contributed by atoms with Gasteiger partial charge >= 0.3 is 0 Å². The van der Waals surface area contributed by atoms with Gasteiger partial charge in [-0.3, -0.25) is 19.7 Å². The van der Waals surface area contributed by atoms with Crippen molar-refractivity contribution in [3.63, 3.8) is 0 Å². The molecule has 1 unspecified atom stereocenters. The van der Waals surface area contributed by atoms with Gasteiger partial charge in [0.15, 0.2) is 0 Å². The van der Waals surface area contributed by atoms with Crippen LogP contribution in [0.25, 0.3) is 0 Å². The maximum absolute atomic E-state index is 12.7. The van der Waals surface area contributed by atoms with E-state index in [2.05, 4.69) is 10.6 Å². The maximum Gasteiger partial charge on any atom is 0.270 e. The van der Waals surface area contributed by atoms with Crippen molar-refractivity contribution in [1.82, 2.24) is 5.32 Å². The Kier molecular flexibility index (Phi) is 7.41. The summed E-state index contributed by atoms with van der Waals surface area (Å²) in [5, 5.41) is 16.4. The number of methoxy groups -OCH3 is 1. The zero-order chi connectivity index (χ0) is 21.7. The molecule has 2 aromatic carbocycles. The van der Waals surface area contributed by atoms with Crippen LogP contribution in [0.4, 0.5) is 11.4 Å². The monoisotopic (exact) mass is 439 g/mol. The lowest BCUT2D eigenvalue weighted by Crippen LogP contribution is -2.47. The van der Waals surface area contributed by atoms with E-state index in [1.165, 1.54) is 25.3 Å². The third-order valence-electron chi connectivity index (χ3n) is 4.06. The number of nitro groups is 1. The van der Waals surface area contributed by atoms with Crippen LogP contribution in [0.2, 0.25) is 10.0 Å². The Balaban J connectivity index is 2.17. The van der Waals surface area contributed by atoms with Crippen LogP contribution in [0.3, 0.4) is 0 Å². The van der Waals surface area contributed by atoms with Crippen molar-refractivity contribution in [3.8, 4) is 5.75 Å². The number of hydrogen-bond donors (Lipinski definition) is 2. The number of rotatable bonds is 7. The van der Waals surface area contributed by atoms with Gasteiger partial charge in [-0.1, -0.05) is 37.0 Å². The molecule has 8 nitrogen and oxygen atoms in total. The first-order valence-corrected chi connectivity index (χ1v) is 9.28. The SMILES string of the molecule is COc1ccc(NC(=O)C(NC(=O)c2ccc([N+](=O)[O-])cc2Cl)C(C)C)cc1Cl. The van der Waals surface area contributed by atoms with Crippen molar-refractivity contribution in [2.75, 3.05) is 12.4 Å². The molecule has 10 heteroatoms. The number of carbonyl (C=O) groups is 2. The summed E-state index contributed by atoms with van der Waals surface area (Å²) in [5.41, 5.74) is 0.235. The van der Waals surface area contributed by atoms with Crippen LogP contribution >= 0.6 is 23.2 Å². The van der Waals surface area contributed by atoms with E-state index in [9.17, 15) is 19.7 Å². The highest BCUT2D eigenvalue weighted by Crippen LogP contribution is 2.27.